The van der Waals surface area contributed by atoms with E-state index in [4.69, 9.17) is 5.11 Å². The third kappa shape index (κ3) is 3.78. The molecule has 0 bridgehead atoms. The zero-order valence-corrected chi connectivity index (χ0v) is 12.0. The number of aliphatic carboxylic acids is 1. The number of benzene rings is 1. The maximum Gasteiger partial charge on any atom is 0.318 e. The Hall–Kier alpha value is -1.40. The van der Waals surface area contributed by atoms with Crippen molar-refractivity contribution in [3.63, 3.8) is 0 Å². The maximum absolute atomic E-state index is 12.5. The molecular weight excluding hydrogens is 266 g/mol. The molecule has 0 spiro atoms. The largest absolute Gasteiger partial charge is 0.480 e. The molecule has 19 heavy (non-hydrogen) atoms. The van der Waals surface area contributed by atoms with Gasteiger partial charge in [-0.2, -0.15) is 4.31 Å². The van der Waals surface area contributed by atoms with E-state index < -0.39 is 22.5 Å². The number of nitrogens with zero attached hydrogens (tertiary/aromatic N) is 1. The van der Waals surface area contributed by atoms with Crippen LogP contribution in [0, 0.1) is 0 Å². The third-order valence-electron chi connectivity index (χ3n) is 2.76. The molecule has 0 aliphatic heterocycles. The standard InChI is InChI=1S/C13H19NO4S/c1-3-9-14(10-13(15)16)19(17,18)12-8-6-5-7-11(12)4-2/h5-8H,3-4,9-10H2,1-2H3,(H,15,16). The summed E-state index contributed by atoms with van der Waals surface area (Å²) in [7, 11) is -3.75. The van der Waals surface area contributed by atoms with Crippen LogP contribution in [0.2, 0.25) is 0 Å². The summed E-state index contributed by atoms with van der Waals surface area (Å²) in [5.41, 5.74) is 0.703. The summed E-state index contributed by atoms with van der Waals surface area (Å²) in [6.45, 7) is 3.38. The van der Waals surface area contributed by atoms with Crippen LogP contribution < -0.4 is 0 Å². The Bertz CT molecular complexity index is 539. The van der Waals surface area contributed by atoms with Gasteiger partial charge in [-0.1, -0.05) is 32.0 Å². The number of hydrogen-bond donors (Lipinski definition) is 1. The molecule has 0 aliphatic rings. The van der Waals surface area contributed by atoms with Crippen LogP contribution in [0.4, 0.5) is 0 Å². The average Bonchev–Trinajstić information content (AvgIpc) is 2.37. The minimum Gasteiger partial charge on any atom is -0.480 e. The van der Waals surface area contributed by atoms with Crippen molar-refractivity contribution in [1.29, 1.82) is 0 Å². The third-order valence-corrected chi connectivity index (χ3v) is 4.70. The Morgan fingerprint density at radius 3 is 2.42 bits per heavy atom. The Morgan fingerprint density at radius 2 is 1.89 bits per heavy atom. The SMILES string of the molecule is CCCN(CC(=O)O)S(=O)(=O)c1ccccc1CC. The van der Waals surface area contributed by atoms with Crippen molar-refractivity contribution in [3.05, 3.63) is 29.8 Å². The number of carbonyl (C=O) groups is 1. The van der Waals surface area contributed by atoms with E-state index in [2.05, 4.69) is 0 Å². The van der Waals surface area contributed by atoms with Gasteiger partial charge in [0.15, 0.2) is 0 Å². The first-order valence-corrected chi connectivity index (χ1v) is 7.67. The molecule has 0 heterocycles. The normalized spacial score (nSPS) is 11.7. The lowest BCUT2D eigenvalue weighted by Gasteiger charge is -2.21. The van der Waals surface area contributed by atoms with Gasteiger partial charge in [-0.15, -0.1) is 0 Å². The minimum atomic E-state index is -3.75. The second-order valence-corrected chi connectivity index (χ2v) is 6.10. The molecule has 0 aromatic heterocycles. The lowest BCUT2D eigenvalue weighted by molar-refractivity contribution is -0.137. The molecule has 0 unspecified atom stereocenters. The molecule has 1 aromatic rings. The first-order valence-electron chi connectivity index (χ1n) is 6.23. The Kier molecular flexibility index (Phi) is 5.50. The summed E-state index contributed by atoms with van der Waals surface area (Å²) in [5, 5.41) is 8.84. The van der Waals surface area contributed by atoms with E-state index in [1.807, 2.05) is 13.8 Å². The Labute approximate surface area is 113 Å². The summed E-state index contributed by atoms with van der Waals surface area (Å²) in [5.74, 6) is -1.15. The van der Waals surface area contributed by atoms with Crippen LogP contribution in [0.1, 0.15) is 25.8 Å². The van der Waals surface area contributed by atoms with Crippen LogP contribution in [0.25, 0.3) is 0 Å². The first kappa shape index (κ1) is 15.7. The monoisotopic (exact) mass is 285 g/mol. The van der Waals surface area contributed by atoms with Crippen molar-refractivity contribution in [3.8, 4) is 0 Å². The lowest BCUT2D eigenvalue weighted by atomic mass is 10.2. The predicted molar refractivity (Wildman–Crippen MR) is 72.5 cm³/mol. The summed E-state index contributed by atoms with van der Waals surface area (Å²) in [6, 6.07) is 6.70. The molecule has 0 atom stereocenters. The van der Waals surface area contributed by atoms with Crippen LogP contribution in [-0.4, -0.2) is 36.9 Å². The number of carboxylic acid groups (broad SMARTS) is 1. The summed E-state index contributed by atoms with van der Waals surface area (Å²) < 4.78 is 26.0. The van der Waals surface area contributed by atoms with Crippen molar-refractivity contribution in [2.75, 3.05) is 13.1 Å². The van der Waals surface area contributed by atoms with Crippen LogP contribution >= 0.6 is 0 Å². The maximum atomic E-state index is 12.5. The summed E-state index contributed by atoms with van der Waals surface area (Å²) in [4.78, 5) is 11.0. The smallest absolute Gasteiger partial charge is 0.318 e. The molecule has 1 rings (SSSR count). The summed E-state index contributed by atoms with van der Waals surface area (Å²) in [6.07, 6.45) is 1.16. The molecular formula is C13H19NO4S. The topological polar surface area (TPSA) is 74.7 Å². The molecule has 1 N–H and O–H groups in total. The van der Waals surface area contributed by atoms with Gasteiger partial charge in [-0.05, 0) is 24.5 Å². The van der Waals surface area contributed by atoms with Crippen LogP contribution in [0.15, 0.2) is 29.2 Å². The van der Waals surface area contributed by atoms with Gasteiger partial charge in [0.1, 0.15) is 6.54 Å². The van der Waals surface area contributed by atoms with Gasteiger partial charge in [-0.25, -0.2) is 8.42 Å². The van der Waals surface area contributed by atoms with Gasteiger partial charge < -0.3 is 5.11 Å². The zero-order chi connectivity index (χ0) is 14.5. The second-order valence-electron chi connectivity index (χ2n) is 4.19. The molecule has 0 saturated heterocycles. The molecule has 1 aromatic carbocycles. The highest BCUT2D eigenvalue weighted by Crippen LogP contribution is 2.20. The average molecular weight is 285 g/mol. The molecule has 5 nitrogen and oxygen atoms in total. The van der Waals surface area contributed by atoms with Crippen LogP contribution in [0.3, 0.4) is 0 Å². The molecule has 0 amide bonds. The van der Waals surface area contributed by atoms with E-state index in [0.717, 1.165) is 4.31 Å². The van der Waals surface area contributed by atoms with E-state index in [-0.39, 0.29) is 11.4 Å². The van der Waals surface area contributed by atoms with E-state index in [9.17, 15) is 13.2 Å². The second kappa shape index (κ2) is 6.68. The highest BCUT2D eigenvalue weighted by atomic mass is 32.2. The molecule has 106 valence electrons. The number of sulfonamides is 1. The molecule has 0 saturated carbocycles. The van der Waals surface area contributed by atoms with Gasteiger partial charge in [-0.3, -0.25) is 4.79 Å². The van der Waals surface area contributed by atoms with E-state index in [1.54, 1.807) is 18.2 Å². The fraction of sp³-hybridized carbons (Fsp3) is 0.462. The van der Waals surface area contributed by atoms with E-state index >= 15 is 0 Å². The van der Waals surface area contributed by atoms with Crippen molar-refractivity contribution < 1.29 is 18.3 Å². The number of carboxylic acids is 1. The van der Waals surface area contributed by atoms with Crippen molar-refractivity contribution in [2.24, 2.45) is 0 Å². The van der Waals surface area contributed by atoms with Gasteiger partial charge in [0.25, 0.3) is 0 Å². The van der Waals surface area contributed by atoms with Gasteiger partial charge in [0.2, 0.25) is 10.0 Å². The van der Waals surface area contributed by atoms with Crippen LogP contribution in [-0.2, 0) is 21.2 Å². The van der Waals surface area contributed by atoms with Crippen molar-refractivity contribution in [2.45, 2.75) is 31.6 Å². The fourth-order valence-electron chi connectivity index (χ4n) is 1.87. The first-order chi connectivity index (χ1) is 8.93. The van der Waals surface area contributed by atoms with Crippen LogP contribution in [0.5, 0.6) is 0 Å². The highest BCUT2D eigenvalue weighted by Gasteiger charge is 2.27. The van der Waals surface area contributed by atoms with Crippen molar-refractivity contribution in [1.82, 2.24) is 4.31 Å². The van der Waals surface area contributed by atoms with Crippen molar-refractivity contribution >= 4 is 16.0 Å². The Balaban J connectivity index is 3.22. The quantitative estimate of drug-likeness (QED) is 0.828. The zero-order valence-electron chi connectivity index (χ0n) is 11.2. The minimum absolute atomic E-state index is 0.201. The molecule has 0 radical (unpaired) electrons. The Morgan fingerprint density at radius 1 is 1.26 bits per heavy atom. The number of hydrogen-bond acceptors (Lipinski definition) is 3. The molecule has 6 heteroatoms. The van der Waals surface area contributed by atoms with E-state index in [1.165, 1.54) is 6.07 Å². The molecule has 0 fully saturated rings. The van der Waals surface area contributed by atoms with E-state index in [0.29, 0.717) is 18.4 Å². The number of rotatable bonds is 7. The lowest BCUT2D eigenvalue weighted by Crippen LogP contribution is -2.36. The predicted octanol–water partition coefficient (Wildman–Crippen LogP) is 1.73. The molecule has 0 aliphatic carbocycles. The summed E-state index contributed by atoms with van der Waals surface area (Å²) >= 11 is 0. The van der Waals surface area contributed by atoms with Gasteiger partial charge in [0.05, 0.1) is 4.90 Å². The van der Waals surface area contributed by atoms with Gasteiger partial charge in [0, 0.05) is 6.54 Å². The van der Waals surface area contributed by atoms with Gasteiger partial charge >= 0.3 is 5.97 Å². The highest BCUT2D eigenvalue weighted by molar-refractivity contribution is 7.89. The fourth-order valence-corrected chi connectivity index (χ4v) is 3.65. The number of aryl methyl sites for hydroxylation is 1.